The number of benzene rings is 3. The third kappa shape index (κ3) is 2.60. The van der Waals surface area contributed by atoms with Gasteiger partial charge in [-0.05, 0) is 41.5 Å². The summed E-state index contributed by atoms with van der Waals surface area (Å²) in [4.78, 5) is 0. The highest BCUT2D eigenvalue weighted by molar-refractivity contribution is 6.01. The molecule has 0 bridgehead atoms. The van der Waals surface area contributed by atoms with Crippen molar-refractivity contribution in [2.24, 2.45) is 0 Å². The van der Waals surface area contributed by atoms with Gasteiger partial charge in [0.1, 0.15) is 5.75 Å². The predicted octanol–water partition coefficient (Wildman–Crippen LogP) is 5.19. The average molecular weight is 304 g/mol. The largest absolute Gasteiger partial charge is 0.464 e. The van der Waals surface area contributed by atoms with Gasteiger partial charge in [0.2, 0.25) is 0 Å². The van der Waals surface area contributed by atoms with Gasteiger partial charge in [0.05, 0.1) is 0 Å². The molecule has 0 radical (unpaired) electrons. The van der Waals surface area contributed by atoms with Crippen molar-refractivity contribution in [1.29, 1.82) is 0 Å². The molecule has 0 fully saturated rings. The molecule has 1 aliphatic rings. The molecule has 1 atom stereocenters. The number of aryl methyl sites for hydroxylation is 1. The zero-order chi connectivity index (χ0) is 15.6. The Bertz CT molecular complexity index is 824. The highest BCUT2D eigenvalue weighted by Crippen LogP contribution is 2.40. The van der Waals surface area contributed by atoms with Crippen molar-refractivity contribution in [3.8, 4) is 16.9 Å². The molecule has 0 aliphatic carbocycles. The molecule has 1 aliphatic heterocycles. The van der Waals surface area contributed by atoms with Crippen molar-refractivity contribution in [3.05, 3.63) is 66.2 Å². The van der Waals surface area contributed by atoms with E-state index in [1.807, 2.05) is 6.92 Å². The molecule has 2 heteroatoms. The van der Waals surface area contributed by atoms with E-state index in [0.717, 1.165) is 18.6 Å². The van der Waals surface area contributed by atoms with Crippen LogP contribution in [0.25, 0.3) is 21.9 Å². The van der Waals surface area contributed by atoms with Crippen LogP contribution in [0.15, 0.2) is 60.7 Å². The van der Waals surface area contributed by atoms with Crippen LogP contribution in [0.5, 0.6) is 5.75 Å². The molecule has 2 nitrogen and oxygen atoms in total. The number of ether oxygens (including phenoxy) is 2. The standard InChI is InChI=1S/C21H20O2/c1-2-22-20-13-12-16-14-19(15-8-4-3-5-9-15)17-10-6-7-11-18(17)21(16)23-20/h3-11,14,20H,2,12-13H2,1H3. The van der Waals surface area contributed by atoms with E-state index in [1.165, 1.54) is 27.5 Å². The fourth-order valence-corrected chi connectivity index (χ4v) is 3.35. The van der Waals surface area contributed by atoms with Crippen molar-refractivity contribution in [1.82, 2.24) is 0 Å². The molecular formula is C21H20O2. The molecule has 0 saturated heterocycles. The first-order valence-corrected chi connectivity index (χ1v) is 8.25. The van der Waals surface area contributed by atoms with Crippen LogP contribution >= 0.6 is 0 Å². The van der Waals surface area contributed by atoms with Gasteiger partial charge in [-0.15, -0.1) is 0 Å². The lowest BCUT2D eigenvalue weighted by atomic mass is 9.92. The Kier molecular flexibility index (Phi) is 3.76. The molecule has 4 rings (SSSR count). The summed E-state index contributed by atoms with van der Waals surface area (Å²) in [6.45, 7) is 2.69. The molecule has 3 aromatic carbocycles. The molecule has 1 heterocycles. The van der Waals surface area contributed by atoms with Gasteiger partial charge < -0.3 is 9.47 Å². The van der Waals surface area contributed by atoms with Crippen LogP contribution in [-0.2, 0) is 11.2 Å². The van der Waals surface area contributed by atoms with E-state index < -0.39 is 0 Å². The lowest BCUT2D eigenvalue weighted by Gasteiger charge is -2.27. The highest BCUT2D eigenvalue weighted by Gasteiger charge is 2.23. The van der Waals surface area contributed by atoms with Gasteiger partial charge in [-0.3, -0.25) is 0 Å². The molecule has 0 aromatic heterocycles. The Morgan fingerprint density at radius 3 is 2.52 bits per heavy atom. The van der Waals surface area contributed by atoms with Crippen molar-refractivity contribution in [2.45, 2.75) is 26.1 Å². The van der Waals surface area contributed by atoms with Crippen LogP contribution in [-0.4, -0.2) is 12.9 Å². The molecule has 0 spiro atoms. The smallest absolute Gasteiger partial charge is 0.200 e. The van der Waals surface area contributed by atoms with Gasteiger partial charge in [-0.25, -0.2) is 0 Å². The zero-order valence-corrected chi connectivity index (χ0v) is 13.3. The molecule has 3 aromatic rings. The van der Waals surface area contributed by atoms with Crippen molar-refractivity contribution in [2.75, 3.05) is 6.61 Å². The lowest BCUT2D eigenvalue weighted by molar-refractivity contribution is -0.0852. The van der Waals surface area contributed by atoms with E-state index in [1.54, 1.807) is 0 Å². The van der Waals surface area contributed by atoms with E-state index in [0.29, 0.717) is 6.61 Å². The third-order valence-corrected chi connectivity index (χ3v) is 4.41. The van der Waals surface area contributed by atoms with Crippen molar-refractivity contribution in [3.63, 3.8) is 0 Å². The number of fused-ring (bicyclic) bond motifs is 3. The lowest BCUT2D eigenvalue weighted by Crippen LogP contribution is -2.25. The minimum absolute atomic E-state index is 0.126. The maximum atomic E-state index is 6.15. The SMILES string of the molecule is CCOC1CCc2cc(-c3ccccc3)c3ccccc3c2O1. The van der Waals surface area contributed by atoms with E-state index in [9.17, 15) is 0 Å². The first-order valence-electron chi connectivity index (χ1n) is 8.25. The Morgan fingerprint density at radius 1 is 1.00 bits per heavy atom. The van der Waals surface area contributed by atoms with Gasteiger partial charge in [-0.1, -0.05) is 54.6 Å². The Morgan fingerprint density at radius 2 is 1.74 bits per heavy atom. The average Bonchev–Trinajstić information content (AvgIpc) is 2.62. The minimum atomic E-state index is -0.126. The van der Waals surface area contributed by atoms with Crippen molar-refractivity contribution >= 4 is 10.8 Å². The second-order valence-corrected chi connectivity index (χ2v) is 5.87. The normalized spacial score (nSPS) is 16.8. The quantitative estimate of drug-likeness (QED) is 0.662. The van der Waals surface area contributed by atoms with Gasteiger partial charge in [0.15, 0.2) is 6.29 Å². The van der Waals surface area contributed by atoms with Crippen molar-refractivity contribution < 1.29 is 9.47 Å². The minimum Gasteiger partial charge on any atom is -0.464 e. The molecule has 0 saturated carbocycles. The number of hydrogen-bond donors (Lipinski definition) is 0. The third-order valence-electron chi connectivity index (χ3n) is 4.41. The van der Waals surface area contributed by atoms with Gasteiger partial charge in [-0.2, -0.15) is 0 Å². The van der Waals surface area contributed by atoms with Gasteiger partial charge >= 0.3 is 0 Å². The number of hydrogen-bond acceptors (Lipinski definition) is 2. The first-order chi connectivity index (χ1) is 11.4. The van der Waals surface area contributed by atoms with Crippen LogP contribution in [0, 0.1) is 0 Å². The Balaban J connectivity index is 1.90. The second kappa shape index (κ2) is 6.05. The molecule has 1 unspecified atom stereocenters. The zero-order valence-electron chi connectivity index (χ0n) is 13.3. The summed E-state index contributed by atoms with van der Waals surface area (Å²) in [5.41, 5.74) is 3.80. The van der Waals surface area contributed by atoms with Gasteiger partial charge in [0, 0.05) is 18.4 Å². The molecule has 23 heavy (non-hydrogen) atoms. The van der Waals surface area contributed by atoms with E-state index >= 15 is 0 Å². The van der Waals surface area contributed by atoms with E-state index in [4.69, 9.17) is 9.47 Å². The Labute approximate surface area is 136 Å². The predicted molar refractivity (Wildman–Crippen MR) is 93.7 cm³/mol. The highest BCUT2D eigenvalue weighted by atomic mass is 16.7. The summed E-state index contributed by atoms with van der Waals surface area (Å²) >= 11 is 0. The fraction of sp³-hybridized carbons (Fsp3) is 0.238. The summed E-state index contributed by atoms with van der Waals surface area (Å²) in [6, 6.07) is 21.3. The Hall–Kier alpha value is -2.32. The van der Waals surface area contributed by atoms with Crippen LogP contribution < -0.4 is 4.74 Å². The monoisotopic (exact) mass is 304 g/mol. The molecule has 0 N–H and O–H groups in total. The summed E-state index contributed by atoms with van der Waals surface area (Å²) in [6.07, 6.45) is 1.77. The number of rotatable bonds is 3. The molecular weight excluding hydrogens is 284 g/mol. The summed E-state index contributed by atoms with van der Waals surface area (Å²) in [7, 11) is 0. The first kappa shape index (κ1) is 14.3. The summed E-state index contributed by atoms with van der Waals surface area (Å²) in [5.74, 6) is 0.991. The topological polar surface area (TPSA) is 18.5 Å². The molecule has 0 amide bonds. The summed E-state index contributed by atoms with van der Waals surface area (Å²) in [5, 5.41) is 2.41. The summed E-state index contributed by atoms with van der Waals surface area (Å²) < 4.78 is 11.8. The van der Waals surface area contributed by atoms with Crippen LogP contribution in [0.2, 0.25) is 0 Å². The second-order valence-electron chi connectivity index (χ2n) is 5.87. The van der Waals surface area contributed by atoms with Crippen LogP contribution in [0.1, 0.15) is 18.9 Å². The van der Waals surface area contributed by atoms with Gasteiger partial charge in [0.25, 0.3) is 0 Å². The van der Waals surface area contributed by atoms with Crippen LogP contribution in [0.3, 0.4) is 0 Å². The van der Waals surface area contributed by atoms with Crippen LogP contribution in [0.4, 0.5) is 0 Å². The van der Waals surface area contributed by atoms with E-state index in [-0.39, 0.29) is 6.29 Å². The fourth-order valence-electron chi connectivity index (χ4n) is 3.35. The molecule has 116 valence electrons. The van der Waals surface area contributed by atoms with E-state index in [2.05, 4.69) is 60.7 Å². The maximum Gasteiger partial charge on any atom is 0.200 e. The maximum absolute atomic E-state index is 6.15.